The molecule has 2 amide bonds. The largest absolute Gasteiger partial charge is 0.497 e. The molecule has 38 heavy (non-hydrogen) atoms. The highest BCUT2D eigenvalue weighted by Gasteiger charge is 2.30. The molecule has 5 rings (SSSR count). The molecule has 0 bridgehead atoms. The van der Waals surface area contributed by atoms with Crippen molar-refractivity contribution in [3.8, 4) is 17.2 Å². The Morgan fingerprint density at radius 2 is 1.74 bits per heavy atom. The van der Waals surface area contributed by atoms with Crippen LogP contribution in [0.3, 0.4) is 0 Å². The maximum Gasteiger partial charge on any atom is 0.254 e. The van der Waals surface area contributed by atoms with Crippen molar-refractivity contribution < 1.29 is 23.8 Å². The predicted octanol–water partition coefficient (Wildman–Crippen LogP) is 5.80. The van der Waals surface area contributed by atoms with Crippen LogP contribution in [0.15, 0.2) is 53.9 Å². The zero-order chi connectivity index (χ0) is 26.5. The molecule has 1 aromatic heterocycles. The minimum atomic E-state index is -0.108. The number of thiophene rings is 1. The van der Waals surface area contributed by atoms with Crippen LogP contribution in [-0.4, -0.2) is 48.1 Å². The van der Waals surface area contributed by atoms with Crippen LogP contribution >= 0.6 is 11.3 Å². The van der Waals surface area contributed by atoms with Crippen LogP contribution in [0.2, 0.25) is 0 Å². The molecule has 3 aromatic rings. The number of carbonyl (C=O) groups excluding carboxylic acids is 2. The van der Waals surface area contributed by atoms with Crippen LogP contribution < -0.4 is 14.2 Å². The minimum Gasteiger partial charge on any atom is -0.497 e. The third kappa shape index (κ3) is 5.96. The number of aryl methyl sites for hydroxylation is 1. The Bertz CT molecular complexity index is 1270. The van der Waals surface area contributed by atoms with Gasteiger partial charge in [0.25, 0.3) is 5.91 Å². The van der Waals surface area contributed by atoms with E-state index < -0.39 is 0 Å². The smallest absolute Gasteiger partial charge is 0.254 e. The van der Waals surface area contributed by atoms with E-state index in [0.29, 0.717) is 35.9 Å². The van der Waals surface area contributed by atoms with Crippen LogP contribution in [0.1, 0.15) is 58.5 Å². The van der Waals surface area contributed by atoms with Gasteiger partial charge in [-0.2, -0.15) is 0 Å². The molecule has 1 saturated carbocycles. The van der Waals surface area contributed by atoms with Crippen molar-refractivity contribution in [1.82, 2.24) is 9.80 Å². The van der Waals surface area contributed by atoms with E-state index in [0.717, 1.165) is 41.7 Å². The van der Waals surface area contributed by atoms with E-state index in [1.54, 1.807) is 47.6 Å². The summed E-state index contributed by atoms with van der Waals surface area (Å²) in [6.07, 6.45) is 5.15. The summed E-state index contributed by atoms with van der Waals surface area (Å²) in [4.78, 5) is 32.5. The van der Waals surface area contributed by atoms with E-state index in [1.807, 2.05) is 23.1 Å². The fourth-order valence-corrected chi connectivity index (χ4v) is 6.06. The molecule has 2 aliphatic rings. The normalized spacial score (nSPS) is 14.8. The Morgan fingerprint density at radius 1 is 0.974 bits per heavy atom. The van der Waals surface area contributed by atoms with Gasteiger partial charge in [0.15, 0.2) is 11.5 Å². The molecule has 7 nitrogen and oxygen atoms in total. The van der Waals surface area contributed by atoms with Crippen molar-refractivity contribution in [1.29, 1.82) is 0 Å². The van der Waals surface area contributed by atoms with E-state index in [2.05, 4.69) is 18.4 Å². The van der Waals surface area contributed by atoms with Crippen molar-refractivity contribution >= 4 is 23.2 Å². The molecular weight excluding hydrogens is 500 g/mol. The van der Waals surface area contributed by atoms with E-state index in [4.69, 9.17) is 14.2 Å². The summed E-state index contributed by atoms with van der Waals surface area (Å²) in [5, 5.41) is 2.05. The Hall–Kier alpha value is -3.52. The number of fused-ring (bicyclic) bond motifs is 1. The van der Waals surface area contributed by atoms with Gasteiger partial charge < -0.3 is 24.0 Å². The zero-order valence-corrected chi connectivity index (χ0v) is 22.8. The Morgan fingerprint density at radius 3 is 2.45 bits per heavy atom. The van der Waals surface area contributed by atoms with Crippen molar-refractivity contribution in [2.45, 2.75) is 58.2 Å². The minimum absolute atomic E-state index is 0.0461. The first-order valence-corrected chi connectivity index (χ1v) is 14.0. The number of hydrogen-bond donors (Lipinski definition) is 0. The SMILES string of the molecule is COc1ccc(C(=O)N(CC(=O)N(Cc2ccc3c(c2)OCO3)Cc2sccc2C)C2CCCCC2)cc1. The Balaban J connectivity index is 1.40. The fourth-order valence-electron chi connectivity index (χ4n) is 5.14. The molecule has 1 aliphatic carbocycles. The summed E-state index contributed by atoms with van der Waals surface area (Å²) in [6, 6.07) is 15.1. The van der Waals surface area contributed by atoms with Gasteiger partial charge in [0.2, 0.25) is 12.7 Å². The second-order valence-corrected chi connectivity index (χ2v) is 10.9. The highest BCUT2D eigenvalue weighted by molar-refractivity contribution is 7.10. The lowest BCUT2D eigenvalue weighted by atomic mass is 9.93. The second kappa shape index (κ2) is 11.9. The molecule has 0 saturated heterocycles. The lowest BCUT2D eigenvalue weighted by molar-refractivity contribution is -0.133. The first-order chi connectivity index (χ1) is 18.5. The van der Waals surface area contributed by atoms with Gasteiger partial charge in [-0.3, -0.25) is 9.59 Å². The number of amides is 2. The van der Waals surface area contributed by atoms with Gasteiger partial charge in [0, 0.05) is 23.0 Å². The molecular formula is C30H34N2O5S. The van der Waals surface area contributed by atoms with Gasteiger partial charge in [0.05, 0.1) is 13.7 Å². The molecule has 0 radical (unpaired) electrons. The molecule has 200 valence electrons. The van der Waals surface area contributed by atoms with E-state index in [1.165, 1.54) is 6.42 Å². The van der Waals surface area contributed by atoms with Crippen molar-refractivity contribution in [3.05, 3.63) is 75.5 Å². The predicted molar refractivity (Wildman–Crippen MR) is 147 cm³/mol. The molecule has 8 heteroatoms. The van der Waals surface area contributed by atoms with Gasteiger partial charge in [-0.15, -0.1) is 11.3 Å². The van der Waals surface area contributed by atoms with Crippen molar-refractivity contribution in [2.75, 3.05) is 20.4 Å². The standard InChI is InChI=1S/C30H34N2O5S/c1-21-14-15-38-28(21)18-31(17-22-8-13-26-27(16-22)37-20-36-26)29(33)19-32(24-6-4-3-5-7-24)30(34)23-9-11-25(35-2)12-10-23/h8-16,24H,3-7,17-20H2,1-2H3. The lowest BCUT2D eigenvalue weighted by Crippen LogP contribution is -2.48. The van der Waals surface area contributed by atoms with Crippen molar-refractivity contribution in [3.63, 3.8) is 0 Å². The van der Waals surface area contributed by atoms with Crippen LogP contribution in [0, 0.1) is 6.92 Å². The second-order valence-electron chi connectivity index (χ2n) is 9.92. The first-order valence-electron chi connectivity index (χ1n) is 13.2. The fraction of sp³-hybridized carbons (Fsp3) is 0.400. The topological polar surface area (TPSA) is 68.3 Å². The first kappa shape index (κ1) is 26.1. The monoisotopic (exact) mass is 534 g/mol. The summed E-state index contributed by atoms with van der Waals surface area (Å²) in [6.45, 7) is 3.23. The van der Waals surface area contributed by atoms with E-state index >= 15 is 0 Å². The quantitative estimate of drug-likeness (QED) is 0.347. The highest BCUT2D eigenvalue weighted by atomic mass is 32.1. The third-order valence-electron chi connectivity index (χ3n) is 7.38. The number of ether oxygens (including phenoxy) is 3. The number of methoxy groups -OCH3 is 1. The maximum absolute atomic E-state index is 14.0. The average Bonchev–Trinajstić information content (AvgIpc) is 3.59. The molecule has 1 aliphatic heterocycles. The summed E-state index contributed by atoms with van der Waals surface area (Å²) in [7, 11) is 1.61. The number of carbonyl (C=O) groups is 2. The van der Waals surface area contributed by atoms with E-state index in [-0.39, 0.29) is 31.2 Å². The lowest BCUT2D eigenvalue weighted by Gasteiger charge is -2.35. The summed E-state index contributed by atoms with van der Waals surface area (Å²) >= 11 is 1.65. The van der Waals surface area contributed by atoms with Gasteiger partial charge in [-0.1, -0.05) is 25.3 Å². The third-order valence-corrected chi connectivity index (χ3v) is 8.39. The van der Waals surface area contributed by atoms with Gasteiger partial charge >= 0.3 is 0 Å². The van der Waals surface area contributed by atoms with Gasteiger partial charge in [-0.25, -0.2) is 0 Å². The molecule has 0 atom stereocenters. The molecule has 0 N–H and O–H groups in total. The Kier molecular flexibility index (Phi) is 8.17. The van der Waals surface area contributed by atoms with Crippen LogP contribution in [0.25, 0.3) is 0 Å². The number of hydrogen-bond acceptors (Lipinski definition) is 6. The van der Waals surface area contributed by atoms with Gasteiger partial charge in [0.1, 0.15) is 12.3 Å². The average molecular weight is 535 g/mol. The summed E-state index contributed by atoms with van der Waals surface area (Å²) in [5.41, 5.74) is 2.69. The molecule has 0 unspecified atom stereocenters. The number of nitrogens with zero attached hydrogens (tertiary/aromatic N) is 2. The van der Waals surface area contributed by atoms with Crippen molar-refractivity contribution in [2.24, 2.45) is 0 Å². The van der Waals surface area contributed by atoms with Crippen LogP contribution in [0.5, 0.6) is 17.2 Å². The van der Waals surface area contributed by atoms with Gasteiger partial charge in [-0.05, 0) is 78.7 Å². The molecule has 2 aromatic carbocycles. The zero-order valence-electron chi connectivity index (χ0n) is 22.0. The highest BCUT2D eigenvalue weighted by Crippen LogP contribution is 2.33. The molecule has 2 heterocycles. The summed E-state index contributed by atoms with van der Waals surface area (Å²) in [5.74, 6) is 1.93. The van der Waals surface area contributed by atoms with Crippen LogP contribution in [0.4, 0.5) is 0 Å². The molecule has 1 fully saturated rings. The molecule has 0 spiro atoms. The number of rotatable bonds is 9. The summed E-state index contributed by atoms with van der Waals surface area (Å²) < 4.78 is 16.3. The number of benzene rings is 2. The maximum atomic E-state index is 14.0. The van der Waals surface area contributed by atoms with E-state index in [9.17, 15) is 9.59 Å². The Labute approximate surface area is 227 Å². The van der Waals surface area contributed by atoms with Crippen LogP contribution in [-0.2, 0) is 17.9 Å².